The highest BCUT2D eigenvalue weighted by atomic mass is 19.1. The number of rotatable bonds is 6. The van der Waals surface area contributed by atoms with Crippen LogP contribution in [0.15, 0.2) is 53.3 Å². The summed E-state index contributed by atoms with van der Waals surface area (Å²) in [7, 11) is 0. The van der Waals surface area contributed by atoms with E-state index in [4.69, 9.17) is 4.74 Å². The van der Waals surface area contributed by atoms with Crippen LogP contribution >= 0.6 is 0 Å². The minimum Gasteiger partial charge on any atom is -0.492 e. The molecule has 2 N–H and O–H groups in total. The summed E-state index contributed by atoms with van der Waals surface area (Å²) in [5, 5.41) is 11.0. The van der Waals surface area contributed by atoms with Crippen LogP contribution in [0.25, 0.3) is 0 Å². The first-order chi connectivity index (χ1) is 12.2. The van der Waals surface area contributed by atoms with Crippen molar-refractivity contribution >= 4 is 11.6 Å². The third kappa shape index (κ3) is 4.20. The Labute approximate surface area is 143 Å². The number of nitrogens with zero attached hydrogens (tertiary/aromatic N) is 2. The number of aromatic nitrogens is 3. The van der Waals surface area contributed by atoms with E-state index in [2.05, 4.69) is 20.5 Å². The molecule has 3 aromatic rings. The first-order valence-electron chi connectivity index (χ1n) is 7.85. The van der Waals surface area contributed by atoms with Crippen molar-refractivity contribution in [1.29, 1.82) is 0 Å². The van der Waals surface area contributed by atoms with Crippen molar-refractivity contribution < 1.29 is 9.13 Å². The summed E-state index contributed by atoms with van der Waals surface area (Å²) in [6, 6.07) is 13.3. The molecule has 0 aliphatic heterocycles. The Bertz CT molecular complexity index is 909. The molecule has 0 fully saturated rings. The van der Waals surface area contributed by atoms with Crippen LogP contribution in [-0.4, -0.2) is 21.8 Å². The lowest BCUT2D eigenvalue weighted by Gasteiger charge is -2.11. The van der Waals surface area contributed by atoms with Crippen LogP contribution in [0.1, 0.15) is 18.2 Å². The van der Waals surface area contributed by atoms with Crippen LogP contribution in [0.4, 0.5) is 16.0 Å². The van der Waals surface area contributed by atoms with E-state index in [1.165, 1.54) is 12.1 Å². The lowest BCUT2D eigenvalue weighted by molar-refractivity contribution is 0.342. The van der Waals surface area contributed by atoms with Gasteiger partial charge in [-0.05, 0) is 36.8 Å². The average Bonchev–Trinajstić information content (AvgIpc) is 2.61. The minimum absolute atomic E-state index is 0.222. The first-order valence-corrected chi connectivity index (χ1v) is 7.85. The molecule has 0 saturated heterocycles. The third-order valence-electron chi connectivity index (χ3n) is 3.49. The molecule has 0 bridgehead atoms. The summed E-state index contributed by atoms with van der Waals surface area (Å²) in [6.07, 6.45) is 0.276. The standard InChI is InChI=1S/C18H17FN4O2/c1-2-25-16-6-4-3-5-14(16)20-18-21-17(24)15(22-23-18)11-12-7-9-13(19)10-8-12/h3-10H,2,11H2,1H3,(H2,20,21,23,24). The van der Waals surface area contributed by atoms with E-state index >= 15 is 0 Å². The number of anilines is 2. The van der Waals surface area contributed by atoms with Crippen LogP contribution in [-0.2, 0) is 6.42 Å². The van der Waals surface area contributed by atoms with Gasteiger partial charge in [-0.2, -0.15) is 0 Å². The van der Waals surface area contributed by atoms with Gasteiger partial charge in [0, 0.05) is 6.42 Å². The number of aromatic amines is 1. The number of nitrogens with one attached hydrogen (secondary N) is 2. The smallest absolute Gasteiger partial charge is 0.274 e. The van der Waals surface area contributed by atoms with Gasteiger partial charge in [0.2, 0.25) is 5.95 Å². The van der Waals surface area contributed by atoms with Gasteiger partial charge >= 0.3 is 0 Å². The molecule has 3 rings (SSSR count). The molecule has 0 amide bonds. The normalized spacial score (nSPS) is 10.5. The fourth-order valence-corrected chi connectivity index (χ4v) is 2.31. The Morgan fingerprint density at radius 1 is 1.12 bits per heavy atom. The Morgan fingerprint density at radius 3 is 2.60 bits per heavy atom. The molecule has 0 spiro atoms. The predicted octanol–water partition coefficient (Wildman–Crippen LogP) is 3.04. The molecule has 25 heavy (non-hydrogen) atoms. The molecule has 128 valence electrons. The van der Waals surface area contributed by atoms with E-state index in [-0.39, 0.29) is 29.4 Å². The van der Waals surface area contributed by atoms with Crippen molar-refractivity contribution in [3.05, 3.63) is 76.0 Å². The Morgan fingerprint density at radius 2 is 1.88 bits per heavy atom. The second kappa shape index (κ2) is 7.57. The van der Waals surface area contributed by atoms with Crippen molar-refractivity contribution in [2.75, 3.05) is 11.9 Å². The highest BCUT2D eigenvalue weighted by molar-refractivity contribution is 5.62. The topological polar surface area (TPSA) is 79.9 Å². The molecule has 0 unspecified atom stereocenters. The maximum absolute atomic E-state index is 12.9. The van der Waals surface area contributed by atoms with E-state index in [9.17, 15) is 9.18 Å². The maximum atomic E-state index is 12.9. The van der Waals surface area contributed by atoms with Gasteiger partial charge in [-0.15, -0.1) is 10.2 Å². The van der Waals surface area contributed by atoms with Crippen molar-refractivity contribution in [3.8, 4) is 5.75 Å². The second-order valence-corrected chi connectivity index (χ2v) is 5.31. The minimum atomic E-state index is -0.351. The fourth-order valence-electron chi connectivity index (χ4n) is 2.31. The Balaban J connectivity index is 1.78. The number of benzene rings is 2. The number of hydrogen-bond acceptors (Lipinski definition) is 5. The molecular formula is C18H17FN4O2. The van der Waals surface area contributed by atoms with Gasteiger partial charge in [-0.1, -0.05) is 24.3 Å². The predicted molar refractivity (Wildman–Crippen MR) is 92.8 cm³/mol. The Kier molecular flexibility index (Phi) is 5.03. The molecule has 1 heterocycles. The molecule has 6 nitrogen and oxygen atoms in total. The van der Waals surface area contributed by atoms with E-state index in [1.54, 1.807) is 12.1 Å². The van der Waals surface area contributed by atoms with Gasteiger partial charge in [-0.25, -0.2) is 4.39 Å². The van der Waals surface area contributed by atoms with Gasteiger partial charge in [0.1, 0.15) is 17.3 Å². The van der Waals surface area contributed by atoms with Gasteiger partial charge in [0.25, 0.3) is 5.56 Å². The summed E-state index contributed by atoms with van der Waals surface area (Å²) in [5.74, 6) is 0.555. The molecule has 0 aliphatic carbocycles. The number of para-hydroxylation sites is 2. The number of H-pyrrole nitrogens is 1. The summed E-state index contributed by atoms with van der Waals surface area (Å²) < 4.78 is 18.5. The fraction of sp³-hybridized carbons (Fsp3) is 0.167. The van der Waals surface area contributed by atoms with E-state index < -0.39 is 0 Å². The molecule has 0 saturated carbocycles. The quantitative estimate of drug-likeness (QED) is 0.721. The zero-order valence-corrected chi connectivity index (χ0v) is 13.6. The second-order valence-electron chi connectivity index (χ2n) is 5.31. The van der Waals surface area contributed by atoms with Gasteiger partial charge in [0.15, 0.2) is 0 Å². The van der Waals surface area contributed by atoms with Gasteiger partial charge < -0.3 is 10.1 Å². The van der Waals surface area contributed by atoms with Crippen molar-refractivity contribution in [1.82, 2.24) is 15.2 Å². The largest absolute Gasteiger partial charge is 0.492 e. The molecule has 0 radical (unpaired) electrons. The zero-order chi connectivity index (χ0) is 17.6. The van der Waals surface area contributed by atoms with Crippen LogP contribution in [0.3, 0.4) is 0 Å². The van der Waals surface area contributed by atoms with E-state index in [0.717, 1.165) is 5.56 Å². The van der Waals surface area contributed by atoms with Crippen LogP contribution in [0, 0.1) is 5.82 Å². The molecule has 7 heteroatoms. The van der Waals surface area contributed by atoms with E-state index in [1.807, 2.05) is 31.2 Å². The van der Waals surface area contributed by atoms with Crippen molar-refractivity contribution in [3.63, 3.8) is 0 Å². The summed E-state index contributed by atoms with van der Waals surface area (Å²) in [4.78, 5) is 14.9. The van der Waals surface area contributed by atoms with Gasteiger partial charge in [0.05, 0.1) is 12.3 Å². The SMILES string of the molecule is CCOc1ccccc1Nc1nnc(Cc2ccc(F)cc2)c(=O)[nH]1. The van der Waals surface area contributed by atoms with E-state index in [0.29, 0.717) is 18.0 Å². The number of hydrogen-bond donors (Lipinski definition) is 2. The lowest BCUT2D eigenvalue weighted by Crippen LogP contribution is -2.19. The number of halogens is 1. The molecular weight excluding hydrogens is 323 g/mol. The third-order valence-corrected chi connectivity index (χ3v) is 3.49. The Hall–Kier alpha value is -3.22. The van der Waals surface area contributed by atoms with Crippen LogP contribution < -0.4 is 15.6 Å². The zero-order valence-electron chi connectivity index (χ0n) is 13.6. The van der Waals surface area contributed by atoms with Crippen molar-refractivity contribution in [2.24, 2.45) is 0 Å². The number of ether oxygens (including phenoxy) is 1. The summed E-state index contributed by atoms with van der Waals surface area (Å²) >= 11 is 0. The van der Waals surface area contributed by atoms with Crippen LogP contribution in [0.5, 0.6) is 5.75 Å². The molecule has 1 aromatic heterocycles. The van der Waals surface area contributed by atoms with Gasteiger partial charge in [-0.3, -0.25) is 9.78 Å². The molecule has 0 aliphatic rings. The maximum Gasteiger partial charge on any atom is 0.274 e. The first kappa shape index (κ1) is 16.6. The van der Waals surface area contributed by atoms with Crippen LogP contribution in [0.2, 0.25) is 0 Å². The summed E-state index contributed by atoms with van der Waals surface area (Å²) in [5.41, 5.74) is 1.37. The summed E-state index contributed by atoms with van der Waals surface area (Å²) in [6.45, 7) is 2.42. The molecule has 2 aromatic carbocycles. The van der Waals surface area contributed by atoms with Crippen molar-refractivity contribution in [2.45, 2.75) is 13.3 Å². The monoisotopic (exact) mass is 340 g/mol. The molecule has 0 atom stereocenters. The average molecular weight is 340 g/mol. The highest BCUT2D eigenvalue weighted by Gasteiger charge is 2.08. The highest BCUT2D eigenvalue weighted by Crippen LogP contribution is 2.25. The lowest BCUT2D eigenvalue weighted by atomic mass is 10.1.